The molecule has 1 unspecified atom stereocenters. The van der Waals surface area contributed by atoms with Crippen LogP contribution in [0.1, 0.15) is 12.5 Å². The highest BCUT2D eigenvalue weighted by atomic mass is 79.9. The van der Waals surface area contributed by atoms with Gasteiger partial charge in [0.2, 0.25) is 6.79 Å². The first-order chi connectivity index (χ1) is 13.4. The molecule has 0 aromatic heterocycles. The van der Waals surface area contributed by atoms with Gasteiger partial charge in [0.1, 0.15) is 17.9 Å². The molecule has 146 valence electrons. The van der Waals surface area contributed by atoms with Crippen molar-refractivity contribution < 1.29 is 23.8 Å². The van der Waals surface area contributed by atoms with Gasteiger partial charge >= 0.3 is 6.03 Å². The number of halogens is 1. The van der Waals surface area contributed by atoms with Crippen molar-refractivity contribution in [1.29, 1.82) is 0 Å². The molecule has 2 aromatic rings. The van der Waals surface area contributed by atoms with E-state index in [-0.39, 0.29) is 25.9 Å². The Balaban J connectivity index is 1.39. The lowest BCUT2D eigenvalue weighted by molar-refractivity contribution is -0.131. The van der Waals surface area contributed by atoms with Crippen molar-refractivity contribution in [3.8, 4) is 17.2 Å². The summed E-state index contributed by atoms with van der Waals surface area (Å²) in [5.41, 5.74) is -0.129. The SMILES string of the molecule is CC1(Cc2ccc3c(c2)OCO3)NC(=O)N(CCOc2ccc(Br)cc2)C1=O. The molecule has 1 saturated heterocycles. The lowest BCUT2D eigenvalue weighted by Gasteiger charge is -2.22. The van der Waals surface area contributed by atoms with Gasteiger partial charge in [-0.2, -0.15) is 0 Å². The van der Waals surface area contributed by atoms with Gasteiger partial charge in [-0.05, 0) is 48.9 Å². The number of carbonyl (C=O) groups excluding carboxylic acids is 2. The van der Waals surface area contributed by atoms with Gasteiger partial charge in [-0.25, -0.2) is 4.79 Å². The standard InChI is InChI=1S/C20H19BrN2O5/c1-20(11-13-2-7-16-17(10-13)28-12-27-16)18(24)23(19(25)22-20)8-9-26-15-5-3-14(21)4-6-15/h2-7,10H,8-9,11-12H2,1H3,(H,22,25). The molecule has 1 fully saturated rings. The Morgan fingerprint density at radius 1 is 1.14 bits per heavy atom. The van der Waals surface area contributed by atoms with Crippen LogP contribution in [0.25, 0.3) is 0 Å². The van der Waals surface area contributed by atoms with Crippen molar-refractivity contribution in [2.24, 2.45) is 0 Å². The quantitative estimate of drug-likeness (QED) is 0.689. The van der Waals surface area contributed by atoms with Gasteiger partial charge in [-0.15, -0.1) is 0 Å². The third kappa shape index (κ3) is 3.64. The fourth-order valence-electron chi connectivity index (χ4n) is 3.31. The second kappa shape index (κ2) is 7.35. The molecule has 0 saturated carbocycles. The first kappa shape index (κ1) is 18.6. The van der Waals surface area contributed by atoms with E-state index in [2.05, 4.69) is 21.2 Å². The molecule has 8 heteroatoms. The zero-order valence-electron chi connectivity index (χ0n) is 15.2. The number of nitrogens with one attached hydrogen (secondary N) is 1. The summed E-state index contributed by atoms with van der Waals surface area (Å²) < 4.78 is 17.3. The number of hydrogen-bond acceptors (Lipinski definition) is 5. The van der Waals surface area contributed by atoms with Gasteiger partial charge in [-0.1, -0.05) is 22.0 Å². The van der Waals surface area contributed by atoms with Crippen LogP contribution in [0.4, 0.5) is 4.79 Å². The van der Waals surface area contributed by atoms with Crippen LogP contribution in [0, 0.1) is 0 Å². The maximum absolute atomic E-state index is 12.9. The monoisotopic (exact) mass is 446 g/mol. The van der Waals surface area contributed by atoms with Crippen LogP contribution < -0.4 is 19.5 Å². The number of carbonyl (C=O) groups is 2. The molecule has 2 aromatic carbocycles. The van der Waals surface area contributed by atoms with E-state index in [4.69, 9.17) is 14.2 Å². The number of benzene rings is 2. The summed E-state index contributed by atoms with van der Waals surface area (Å²) in [4.78, 5) is 26.4. The predicted octanol–water partition coefficient (Wildman–Crippen LogP) is 3.11. The summed E-state index contributed by atoms with van der Waals surface area (Å²) in [5.74, 6) is 1.74. The second-order valence-corrected chi connectivity index (χ2v) is 7.80. The molecule has 1 atom stereocenters. The minimum atomic E-state index is -1.01. The van der Waals surface area contributed by atoms with Crippen molar-refractivity contribution in [1.82, 2.24) is 10.2 Å². The zero-order chi connectivity index (χ0) is 19.7. The van der Waals surface area contributed by atoms with Gasteiger partial charge in [0, 0.05) is 10.9 Å². The van der Waals surface area contributed by atoms with Crippen LogP contribution >= 0.6 is 15.9 Å². The Kier molecular flexibility index (Phi) is 4.89. The molecule has 0 aliphatic carbocycles. The molecule has 28 heavy (non-hydrogen) atoms. The number of rotatable bonds is 6. The van der Waals surface area contributed by atoms with Crippen molar-refractivity contribution >= 4 is 27.9 Å². The Morgan fingerprint density at radius 3 is 2.68 bits per heavy atom. The Hall–Kier alpha value is -2.74. The lowest BCUT2D eigenvalue weighted by atomic mass is 9.92. The molecular formula is C20H19BrN2O5. The van der Waals surface area contributed by atoms with Crippen molar-refractivity contribution in [2.45, 2.75) is 18.9 Å². The van der Waals surface area contributed by atoms with E-state index in [1.54, 1.807) is 6.92 Å². The maximum Gasteiger partial charge on any atom is 0.325 e. The molecule has 4 rings (SSSR count). The summed E-state index contributed by atoms with van der Waals surface area (Å²) in [5, 5.41) is 2.81. The van der Waals surface area contributed by atoms with Crippen molar-refractivity contribution in [2.75, 3.05) is 19.9 Å². The van der Waals surface area contributed by atoms with Crippen molar-refractivity contribution in [3.05, 3.63) is 52.5 Å². The maximum atomic E-state index is 12.9. The van der Waals surface area contributed by atoms with Crippen LogP contribution in [-0.2, 0) is 11.2 Å². The van der Waals surface area contributed by atoms with E-state index in [0.29, 0.717) is 23.7 Å². The Morgan fingerprint density at radius 2 is 1.89 bits per heavy atom. The van der Waals surface area contributed by atoms with Gasteiger partial charge in [0.05, 0.1) is 6.54 Å². The highest BCUT2D eigenvalue weighted by Gasteiger charge is 2.47. The molecule has 0 spiro atoms. The van der Waals surface area contributed by atoms with E-state index in [1.807, 2.05) is 42.5 Å². The van der Waals surface area contributed by atoms with Crippen molar-refractivity contribution in [3.63, 3.8) is 0 Å². The number of ether oxygens (including phenoxy) is 3. The predicted molar refractivity (Wildman–Crippen MR) is 105 cm³/mol. The van der Waals surface area contributed by atoms with E-state index in [9.17, 15) is 9.59 Å². The molecule has 2 aliphatic heterocycles. The molecule has 1 N–H and O–H groups in total. The number of amides is 3. The van der Waals surface area contributed by atoms with Crippen LogP contribution in [0.2, 0.25) is 0 Å². The van der Waals surface area contributed by atoms with Gasteiger partial charge in [0.25, 0.3) is 5.91 Å². The summed E-state index contributed by atoms with van der Waals surface area (Å²) >= 11 is 3.36. The molecule has 3 amide bonds. The fraction of sp³-hybridized carbons (Fsp3) is 0.300. The summed E-state index contributed by atoms with van der Waals surface area (Å²) in [7, 11) is 0. The van der Waals surface area contributed by atoms with Crippen LogP contribution in [-0.4, -0.2) is 42.3 Å². The highest BCUT2D eigenvalue weighted by Crippen LogP contribution is 2.34. The summed E-state index contributed by atoms with van der Waals surface area (Å²) in [6.07, 6.45) is 0.359. The zero-order valence-corrected chi connectivity index (χ0v) is 16.8. The average molecular weight is 447 g/mol. The number of hydrogen-bond donors (Lipinski definition) is 1. The Labute approximate surface area is 170 Å². The highest BCUT2D eigenvalue weighted by molar-refractivity contribution is 9.10. The molecule has 2 aliphatic rings. The lowest BCUT2D eigenvalue weighted by Crippen LogP contribution is -2.46. The minimum absolute atomic E-state index is 0.178. The van der Waals surface area contributed by atoms with E-state index in [0.717, 1.165) is 10.0 Å². The number of nitrogens with zero attached hydrogens (tertiary/aromatic N) is 1. The normalized spacial score (nSPS) is 20.4. The number of urea groups is 1. The van der Waals surface area contributed by atoms with Gasteiger partial charge in [-0.3, -0.25) is 9.69 Å². The van der Waals surface area contributed by atoms with Crippen LogP contribution in [0.3, 0.4) is 0 Å². The van der Waals surface area contributed by atoms with Crippen LogP contribution in [0.5, 0.6) is 17.2 Å². The molecular weight excluding hydrogens is 428 g/mol. The average Bonchev–Trinajstić information content (AvgIpc) is 3.21. The molecule has 0 bridgehead atoms. The number of fused-ring (bicyclic) bond motifs is 1. The summed E-state index contributed by atoms with van der Waals surface area (Å²) in [6, 6.07) is 12.5. The minimum Gasteiger partial charge on any atom is -0.492 e. The smallest absolute Gasteiger partial charge is 0.325 e. The van der Waals surface area contributed by atoms with Gasteiger partial charge in [0.15, 0.2) is 11.5 Å². The largest absolute Gasteiger partial charge is 0.492 e. The van der Waals surface area contributed by atoms with E-state index in [1.165, 1.54) is 4.90 Å². The summed E-state index contributed by atoms with van der Waals surface area (Å²) in [6.45, 7) is 2.32. The van der Waals surface area contributed by atoms with Gasteiger partial charge < -0.3 is 19.5 Å². The fourth-order valence-corrected chi connectivity index (χ4v) is 3.58. The number of imide groups is 1. The third-order valence-corrected chi connectivity index (χ3v) is 5.27. The Bertz CT molecular complexity index is 917. The van der Waals surface area contributed by atoms with Crippen LogP contribution in [0.15, 0.2) is 46.9 Å². The molecule has 7 nitrogen and oxygen atoms in total. The topological polar surface area (TPSA) is 77.1 Å². The molecule has 0 radical (unpaired) electrons. The third-order valence-electron chi connectivity index (χ3n) is 4.74. The van der Waals surface area contributed by atoms with E-state index >= 15 is 0 Å². The first-order valence-corrected chi connectivity index (χ1v) is 9.65. The first-order valence-electron chi connectivity index (χ1n) is 8.86. The second-order valence-electron chi connectivity index (χ2n) is 6.89. The van der Waals surface area contributed by atoms with E-state index < -0.39 is 11.6 Å². The molecule has 2 heterocycles.